The predicted octanol–water partition coefficient (Wildman–Crippen LogP) is 5.62. The zero-order chi connectivity index (χ0) is 24.2. The Bertz CT molecular complexity index is 1150. The lowest BCUT2D eigenvalue weighted by molar-refractivity contribution is 0.185. The van der Waals surface area contributed by atoms with Crippen LogP contribution in [0.2, 0.25) is 0 Å². The quantitative estimate of drug-likeness (QED) is 0.198. The zero-order valence-electron chi connectivity index (χ0n) is 20.0. The summed E-state index contributed by atoms with van der Waals surface area (Å²) < 4.78 is 12.0. The minimum Gasteiger partial charge on any atom is -0.492 e. The Labute approximate surface area is 202 Å². The summed E-state index contributed by atoms with van der Waals surface area (Å²) in [5, 5.41) is 4.64. The van der Waals surface area contributed by atoms with Gasteiger partial charge in [0, 0.05) is 18.2 Å². The smallest absolute Gasteiger partial charge is 0.130 e. The van der Waals surface area contributed by atoms with Crippen LogP contribution in [0.15, 0.2) is 89.2 Å². The molecule has 0 saturated heterocycles. The van der Waals surface area contributed by atoms with Gasteiger partial charge in [-0.2, -0.15) is 5.10 Å². The van der Waals surface area contributed by atoms with Crippen LogP contribution in [-0.2, 0) is 17.8 Å². The standard InChI is InChI=1S/C26H28N4O2.C2H6/c27-26(30-28)16-19-8-13-24(14-9-19)31-17-20-4-3-6-23(15-10-20)32-18-22-12-11-21-5-1-2-7-25(21)29-22;1-2/h1-2,5,7-15H,3-4,6,16-18,28H2,(H2,27,30);1-2H3. The molecule has 0 spiro atoms. The van der Waals surface area contributed by atoms with E-state index in [1.165, 1.54) is 5.57 Å². The molecule has 1 heterocycles. The third-order valence-corrected chi connectivity index (χ3v) is 5.39. The molecule has 178 valence electrons. The summed E-state index contributed by atoms with van der Waals surface area (Å²) >= 11 is 0. The van der Waals surface area contributed by atoms with E-state index in [1.54, 1.807) is 0 Å². The van der Waals surface area contributed by atoms with Crippen molar-refractivity contribution < 1.29 is 9.47 Å². The van der Waals surface area contributed by atoms with E-state index in [9.17, 15) is 0 Å². The van der Waals surface area contributed by atoms with Crippen molar-refractivity contribution in [2.45, 2.75) is 46.1 Å². The third kappa shape index (κ3) is 7.37. The first-order valence-corrected chi connectivity index (χ1v) is 11.8. The van der Waals surface area contributed by atoms with Gasteiger partial charge in [0.2, 0.25) is 0 Å². The second-order valence-electron chi connectivity index (χ2n) is 7.83. The van der Waals surface area contributed by atoms with Crippen LogP contribution in [0.25, 0.3) is 10.9 Å². The van der Waals surface area contributed by atoms with Crippen molar-refractivity contribution in [3.8, 4) is 5.75 Å². The number of allylic oxidation sites excluding steroid dienone is 3. The van der Waals surface area contributed by atoms with Gasteiger partial charge in [-0.25, -0.2) is 4.98 Å². The number of hydrogen-bond acceptors (Lipinski definition) is 5. The SMILES string of the molecule is CC.N/N=C(\N)Cc1ccc(OCC2=CC=C(OCc3ccc4ccccc4n3)CCC2)cc1. The van der Waals surface area contributed by atoms with E-state index in [1.807, 2.05) is 62.4 Å². The van der Waals surface area contributed by atoms with Gasteiger partial charge >= 0.3 is 0 Å². The minimum atomic E-state index is 0.406. The first-order valence-electron chi connectivity index (χ1n) is 11.8. The Balaban J connectivity index is 0.00000158. The molecule has 0 saturated carbocycles. The van der Waals surface area contributed by atoms with E-state index in [-0.39, 0.29) is 0 Å². The van der Waals surface area contributed by atoms with Gasteiger partial charge in [-0.3, -0.25) is 0 Å². The van der Waals surface area contributed by atoms with Gasteiger partial charge in [0.1, 0.15) is 24.8 Å². The Morgan fingerprint density at radius 1 is 0.912 bits per heavy atom. The molecule has 2 aromatic carbocycles. The van der Waals surface area contributed by atoms with Crippen molar-refractivity contribution in [3.63, 3.8) is 0 Å². The number of pyridine rings is 1. The molecule has 1 aromatic heterocycles. The van der Waals surface area contributed by atoms with Crippen LogP contribution < -0.4 is 16.3 Å². The number of hydrogen-bond donors (Lipinski definition) is 2. The van der Waals surface area contributed by atoms with E-state index >= 15 is 0 Å². The molecule has 0 bridgehead atoms. The molecule has 4 N–H and O–H groups in total. The largest absolute Gasteiger partial charge is 0.492 e. The fourth-order valence-corrected chi connectivity index (χ4v) is 3.60. The average molecular weight is 459 g/mol. The molecule has 6 heteroatoms. The van der Waals surface area contributed by atoms with Crippen LogP contribution in [0, 0.1) is 0 Å². The Morgan fingerprint density at radius 3 is 2.50 bits per heavy atom. The highest BCUT2D eigenvalue weighted by Crippen LogP contribution is 2.22. The van der Waals surface area contributed by atoms with Gasteiger partial charge in [0.25, 0.3) is 0 Å². The predicted molar refractivity (Wildman–Crippen MR) is 139 cm³/mol. The summed E-state index contributed by atoms with van der Waals surface area (Å²) in [5.41, 5.74) is 9.89. The van der Waals surface area contributed by atoms with E-state index in [2.05, 4.69) is 34.4 Å². The Kier molecular flexibility index (Phi) is 9.52. The molecule has 0 amide bonds. The number of nitrogens with two attached hydrogens (primary N) is 2. The summed E-state index contributed by atoms with van der Waals surface area (Å²) in [5.74, 6) is 7.40. The van der Waals surface area contributed by atoms with Crippen molar-refractivity contribution in [1.82, 2.24) is 4.98 Å². The molecule has 3 aromatic rings. The first kappa shape index (κ1) is 24.8. The summed E-state index contributed by atoms with van der Waals surface area (Å²) in [6, 6.07) is 20.1. The normalized spacial score (nSPS) is 13.8. The molecule has 1 aliphatic carbocycles. The van der Waals surface area contributed by atoms with Crippen molar-refractivity contribution in [2.75, 3.05) is 6.61 Å². The fourth-order valence-electron chi connectivity index (χ4n) is 3.60. The maximum atomic E-state index is 6.05. The molecule has 0 fully saturated rings. The number of fused-ring (bicyclic) bond motifs is 1. The van der Waals surface area contributed by atoms with E-state index in [4.69, 9.17) is 21.1 Å². The van der Waals surface area contributed by atoms with Crippen LogP contribution in [0.1, 0.15) is 44.4 Å². The summed E-state index contributed by atoms with van der Waals surface area (Å²) in [7, 11) is 0. The average Bonchev–Trinajstić information content (AvgIpc) is 3.13. The summed E-state index contributed by atoms with van der Waals surface area (Å²) in [6.45, 7) is 5.03. The molecule has 0 atom stereocenters. The van der Waals surface area contributed by atoms with Crippen LogP contribution in [0.3, 0.4) is 0 Å². The maximum absolute atomic E-state index is 6.05. The van der Waals surface area contributed by atoms with Crippen molar-refractivity contribution in [1.29, 1.82) is 0 Å². The number of rotatable bonds is 8. The van der Waals surface area contributed by atoms with Gasteiger partial charge in [-0.15, -0.1) is 0 Å². The molecule has 0 aliphatic heterocycles. The highest BCUT2D eigenvalue weighted by atomic mass is 16.5. The van der Waals surface area contributed by atoms with E-state index in [0.717, 1.165) is 52.9 Å². The topological polar surface area (TPSA) is 95.8 Å². The number of para-hydroxylation sites is 1. The maximum Gasteiger partial charge on any atom is 0.130 e. The van der Waals surface area contributed by atoms with Crippen LogP contribution in [0.5, 0.6) is 5.75 Å². The highest BCUT2D eigenvalue weighted by molar-refractivity contribution is 5.82. The van der Waals surface area contributed by atoms with Crippen LogP contribution >= 0.6 is 0 Å². The number of aromatic nitrogens is 1. The van der Waals surface area contributed by atoms with E-state index in [0.29, 0.717) is 25.5 Å². The summed E-state index contributed by atoms with van der Waals surface area (Å²) in [6.07, 6.45) is 7.63. The number of benzene rings is 2. The molecule has 0 radical (unpaired) electrons. The van der Waals surface area contributed by atoms with Crippen molar-refractivity contribution in [2.24, 2.45) is 16.7 Å². The molecule has 0 unspecified atom stereocenters. The van der Waals surface area contributed by atoms with Gasteiger partial charge in [0.15, 0.2) is 0 Å². The fraction of sp³-hybridized carbons (Fsp3) is 0.286. The number of nitrogens with zero attached hydrogens (tertiary/aromatic N) is 2. The molecule has 6 nitrogen and oxygen atoms in total. The third-order valence-electron chi connectivity index (χ3n) is 5.39. The van der Waals surface area contributed by atoms with Gasteiger partial charge < -0.3 is 21.1 Å². The number of ether oxygens (including phenoxy) is 2. The molecule has 4 rings (SSSR count). The first-order chi connectivity index (χ1) is 16.7. The van der Waals surface area contributed by atoms with Gasteiger partial charge in [-0.05, 0) is 54.3 Å². The summed E-state index contributed by atoms with van der Waals surface area (Å²) in [4.78, 5) is 4.68. The van der Waals surface area contributed by atoms with Crippen LogP contribution in [-0.4, -0.2) is 17.4 Å². The Hall–Kier alpha value is -3.80. The highest BCUT2D eigenvalue weighted by Gasteiger charge is 2.08. The Morgan fingerprint density at radius 2 is 1.71 bits per heavy atom. The number of amidine groups is 1. The number of hydrazone groups is 1. The lowest BCUT2D eigenvalue weighted by Crippen LogP contribution is -2.16. The van der Waals surface area contributed by atoms with Crippen LogP contribution in [0.4, 0.5) is 0 Å². The van der Waals surface area contributed by atoms with Gasteiger partial charge in [-0.1, -0.05) is 56.3 Å². The second-order valence-corrected chi connectivity index (χ2v) is 7.83. The van der Waals surface area contributed by atoms with E-state index < -0.39 is 0 Å². The lowest BCUT2D eigenvalue weighted by Gasteiger charge is -2.10. The molecular weight excluding hydrogens is 424 g/mol. The monoisotopic (exact) mass is 458 g/mol. The van der Waals surface area contributed by atoms with Crippen molar-refractivity contribution in [3.05, 3.63) is 95.4 Å². The minimum absolute atomic E-state index is 0.406. The molecule has 1 aliphatic rings. The lowest BCUT2D eigenvalue weighted by atomic mass is 10.1. The second kappa shape index (κ2) is 13.0. The van der Waals surface area contributed by atoms with Gasteiger partial charge in [0.05, 0.1) is 17.0 Å². The molecular formula is C28H34N4O2. The zero-order valence-corrected chi connectivity index (χ0v) is 20.0. The van der Waals surface area contributed by atoms with Crippen molar-refractivity contribution >= 4 is 16.7 Å². The molecule has 34 heavy (non-hydrogen) atoms.